The third-order valence-electron chi connectivity index (χ3n) is 3.44. The molecular weight excluding hydrogens is 288 g/mol. The van der Waals surface area contributed by atoms with E-state index >= 15 is 0 Å². The topological polar surface area (TPSA) is 35.5 Å². The first-order valence-electron chi connectivity index (χ1n) is 7.80. The van der Waals surface area contributed by atoms with Crippen LogP contribution in [-0.4, -0.2) is 5.97 Å². The van der Waals surface area contributed by atoms with E-state index in [2.05, 4.69) is 37.8 Å². The summed E-state index contributed by atoms with van der Waals surface area (Å²) in [6.07, 6.45) is 3.42. The summed E-state index contributed by atoms with van der Waals surface area (Å²) < 4.78 is 10.7. The van der Waals surface area contributed by atoms with E-state index in [4.69, 9.17) is 9.47 Å². The second kappa shape index (κ2) is 8.79. The lowest BCUT2D eigenvalue weighted by molar-refractivity contribution is -0.138. The highest BCUT2D eigenvalue weighted by Crippen LogP contribution is 2.15. The second-order valence-electron chi connectivity index (χ2n) is 5.31. The minimum atomic E-state index is -0.420. The molecule has 0 aliphatic rings. The summed E-state index contributed by atoms with van der Waals surface area (Å²) >= 11 is 0. The number of carbonyl (C=O) groups excluding carboxylic acids is 1. The van der Waals surface area contributed by atoms with E-state index in [1.54, 1.807) is 0 Å². The van der Waals surface area contributed by atoms with E-state index in [9.17, 15) is 4.79 Å². The van der Waals surface area contributed by atoms with Gasteiger partial charge < -0.3 is 9.47 Å². The molecule has 0 saturated carbocycles. The molecule has 3 heteroatoms. The molecule has 0 unspecified atom stereocenters. The molecule has 2 aromatic rings. The molecule has 2 rings (SSSR count). The Morgan fingerprint density at radius 1 is 0.957 bits per heavy atom. The van der Waals surface area contributed by atoms with Crippen LogP contribution >= 0.6 is 0 Å². The van der Waals surface area contributed by atoms with Crippen LogP contribution in [-0.2, 0) is 29.2 Å². The first kappa shape index (κ1) is 16.8. The minimum absolute atomic E-state index is 0.240. The number of hydrogen-bond acceptors (Lipinski definition) is 3. The summed E-state index contributed by atoms with van der Waals surface area (Å²) in [4.78, 5) is 11.0. The average molecular weight is 310 g/mol. The van der Waals surface area contributed by atoms with Crippen LogP contribution in [0.15, 0.2) is 61.2 Å². The third-order valence-corrected chi connectivity index (χ3v) is 3.44. The Balaban J connectivity index is 1.83. The molecule has 0 aliphatic heterocycles. The second-order valence-corrected chi connectivity index (χ2v) is 5.31. The summed E-state index contributed by atoms with van der Waals surface area (Å²) in [6.45, 7) is 6.32. The highest BCUT2D eigenvalue weighted by Gasteiger charge is 2.00. The molecule has 0 N–H and O–H groups in total. The van der Waals surface area contributed by atoms with Gasteiger partial charge in [-0.15, -0.1) is 0 Å². The van der Waals surface area contributed by atoms with Gasteiger partial charge in [-0.2, -0.15) is 0 Å². The van der Waals surface area contributed by atoms with Gasteiger partial charge in [0, 0.05) is 6.08 Å². The van der Waals surface area contributed by atoms with Crippen LogP contribution in [0.25, 0.3) is 0 Å². The number of hydrogen-bond donors (Lipinski definition) is 0. The van der Waals surface area contributed by atoms with E-state index in [0.29, 0.717) is 6.61 Å². The number of aryl methyl sites for hydroxylation is 1. The molecule has 0 amide bonds. The van der Waals surface area contributed by atoms with Crippen LogP contribution in [0.3, 0.4) is 0 Å². The van der Waals surface area contributed by atoms with Crippen LogP contribution in [0.5, 0.6) is 5.75 Å². The van der Waals surface area contributed by atoms with Crippen molar-refractivity contribution in [2.45, 2.75) is 33.0 Å². The van der Waals surface area contributed by atoms with Crippen molar-refractivity contribution >= 4 is 5.97 Å². The average Bonchev–Trinajstić information content (AvgIpc) is 2.60. The zero-order valence-electron chi connectivity index (χ0n) is 13.5. The minimum Gasteiger partial charge on any atom is -0.489 e. The van der Waals surface area contributed by atoms with E-state index in [-0.39, 0.29) is 6.61 Å². The number of carbonyl (C=O) groups is 1. The summed E-state index contributed by atoms with van der Waals surface area (Å²) in [5, 5.41) is 0. The molecule has 0 radical (unpaired) electrons. The Bertz CT molecular complexity index is 627. The van der Waals surface area contributed by atoms with Crippen molar-refractivity contribution in [3.8, 4) is 5.75 Å². The molecule has 0 saturated heterocycles. The fraction of sp³-hybridized carbons (Fsp3) is 0.250. The smallest absolute Gasteiger partial charge is 0.330 e. The first-order chi connectivity index (χ1) is 11.2. The highest BCUT2D eigenvalue weighted by atomic mass is 16.5. The van der Waals surface area contributed by atoms with Crippen molar-refractivity contribution in [2.75, 3.05) is 0 Å². The first-order valence-corrected chi connectivity index (χ1v) is 7.80. The zero-order chi connectivity index (χ0) is 16.5. The van der Waals surface area contributed by atoms with Gasteiger partial charge in [0.15, 0.2) is 0 Å². The lowest BCUT2D eigenvalue weighted by Gasteiger charge is -2.08. The largest absolute Gasteiger partial charge is 0.489 e. The van der Waals surface area contributed by atoms with E-state index < -0.39 is 5.97 Å². The predicted molar refractivity (Wildman–Crippen MR) is 91.2 cm³/mol. The molecule has 0 aliphatic carbocycles. The van der Waals surface area contributed by atoms with E-state index in [1.165, 1.54) is 5.56 Å². The summed E-state index contributed by atoms with van der Waals surface area (Å²) in [5.74, 6) is 0.373. The molecule has 0 spiro atoms. The molecule has 0 fully saturated rings. The van der Waals surface area contributed by atoms with Gasteiger partial charge in [-0.3, -0.25) is 0 Å². The Morgan fingerprint density at radius 2 is 1.52 bits per heavy atom. The maximum Gasteiger partial charge on any atom is 0.330 e. The van der Waals surface area contributed by atoms with Crippen LogP contribution < -0.4 is 4.74 Å². The van der Waals surface area contributed by atoms with Crippen LogP contribution in [0.1, 0.15) is 30.0 Å². The van der Waals surface area contributed by atoms with Crippen LogP contribution in [0, 0.1) is 0 Å². The lowest BCUT2D eigenvalue weighted by Crippen LogP contribution is -2.00. The van der Waals surface area contributed by atoms with Gasteiger partial charge in [0.25, 0.3) is 0 Å². The standard InChI is InChI=1S/C20H22O3/c1-3-5-16-6-8-17(9-7-16)14-22-19-12-10-18(11-13-19)15-23-20(21)4-2/h4,6-13H,2-3,5,14-15H2,1H3. The van der Waals surface area contributed by atoms with Gasteiger partial charge in [-0.25, -0.2) is 4.79 Å². The molecule has 0 aromatic heterocycles. The van der Waals surface area contributed by atoms with Gasteiger partial charge >= 0.3 is 5.97 Å². The van der Waals surface area contributed by atoms with Crippen molar-refractivity contribution in [1.82, 2.24) is 0 Å². The number of benzene rings is 2. The molecule has 0 heterocycles. The quantitative estimate of drug-likeness (QED) is 0.534. The Kier molecular flexibility index (Phi) is 6.42. The van der Waals surface area contributed by atoms with Gasteiger partial charge in [-0.05, 0) is 35.2 Å². The fourth-order valence-corrected chi connectivity index (χ4v) is 2.15. The number of rotatable bonds is 8. The van der Waals surface area contributed by atoms with Crippen molar-refractivity contribution in [3.05, 3.63) is 77.9 Å². The predicted octanol–water partition coefficient (Wildman–Crippen LogP) is 4.45. The normalized spacial score (nSPS) is 10.1. The van der Waals surface area contributed by atoms with Crippen molar-refractivity contribution < 1.29 is 14.3 Å². The van der Waals surface area contributed by atoms with Gasteiger partial charge in [0.1, 0.15) is 19.0 Å². The molecule has 0 bridgehead atoms. The summed E-state index contributed by atoms with van der Waals surface area (Å²) in [5.41, 5.74) is 3.42. The molecule has 3 nitrogen and oxygen atoms in total. The summed E-state index contributed by atoms with van der Waals surface area (Å²) in [7, 11) is 0. The Hall–Kier alpha value is -2.55. The molecular formula is C20H22O3. The Labute approximate surface area is 137 Å². The van der Waals surface area contributed by atoms with Crippen LogP contribution in [0.4, 0.5) is 0 Å². The summed E-state index contributed by atoms with van der Waals surface area (Å²) in [6, 6.07) is 16.0. The third kappa shape index (κ3) is 5.62. The molecule has 2 aromatic carbocycles. The lowest BCUT2D eigenvalue weighted by atomic mass is 10.1. The monoisotopic (exact) mass is 310 g/mol. The van der Waals surface area contributed by atoms with Crippen molar-refractivity contribution in [3.63, 3.8) is 0 Å². The number of ether oxygens (including phenoxy) is 2. The maximum absolute atomic E-state index is 11.0. The van der Waals surface area contributed by atoms with E-state index in [1.807, 2.05) is 24.3 Å². The van der Waals surface area contributed by atoms with Crippen molar-refractivity contribution in [2.24, 2.45) is 0 Å². The highest BCUT2D eigenvalue weighted by molar-refractivity contribution is 5.81. The fourth-order valence-electron chi connectivity index (χ4n) is 2.15. The SMILES string of the molecule is C=CC(=O)OCc1ccc(OCc2ccc(CCC)cc2)cc1. The zero-order valence-corrected chi connectivity index (χ0v) is 13.5. The Morgan fingerprint density at radius 3 is 2.13 bits per heavy atom. The van der Waals surface area contributed by atoms with Gasteiger partial charge in [0.2, 0.25) is 0 Å². The van der Waals surface area contributed by atoms with Crippen molar-refractivity contribution in [1.29, 1.82) is 0 Å². The van der Waals surface area contributed by atoms with Crippen LogP contribution in [0.2, 0.25) is 0 Å². The number of esters is 1. The maximum atomic E-state index is 11.0. The molecule has 0 atom stereocenters. The van der Waals surface area contributed by atoms with Gasteiger partial charge in [0.05, 0.1) is 0 Å². The van der Waals surface area contributed by atoms with Gasteiger partial charge in [-0.1, -0.05) is 56.3 Å². The molecule has 23 heavy (non-hydrogen) atoms. The van der Waals surface area contributed by atoms with E-state index in [0.717, 1.165) is 35.8 Å². The molecule has 120 valence electrons.